The number of halogens is 1. The lowest BCUT2D eigenvalue weighted by atomic mass is 9.73. The molecule has 0 bridgehead atoms. The van der Waals surface area contributed by atoms with Crippen LogP contribution >= 0.6 is 11.6 Å². The summed E-state index contributed by atoms with van der Waals surface area (Å²) >= 11 is 6.33. The molecule has 27 heavy (non-hydrogen) atoms. The molecule has 0 saturated heterocycles. The third-order valence-corrected chi connectivity index (χ3v) is 5.48. The molecule has 2 N–H and O–H groups in total. The van der Waals surface area contributed by atoms with Crippen LogP contribution in [-0.4, -0.2) is 5.78 Å². The fraction of sp³-hybridized carbons (Fsp3) is 0.182. The van der Waals surface area contributed by atoms with Gasteiger partial charge in [0.05, 0.1) is 5.92 Å². The van der Waals surface area contributed by atoms with E-state index < -0.39 is 5.92 Å². The van der Waals surface area contributed by atoms with E-state index in [1.807, 2.05) is 54.6 Å². The van der Waals surface area contributed by atoms with Gasteiger partial charge in [-0.25, -0.2) is 0 Å². The number of ketones is 1. The van der Waals surface area contributed by atoms with Gasteiger partial charge in [-0.1, -0.05) is 60.1 Å². The third kappa shape index (κ3) is 3.01. The molecule has 0 fully saturated rings. The number of carbonyl (C=O) groups excluding carboxylic acids is 1. The number of allylic oxidation sites excluding steroid dienone is 3. The second-order valence-electron chi connectivity index (χ2n) is 6.72. The molecule has 0 aromatic heterocycles. The van der Waals surface area contributed by atoms with Gasteiger partial charge in [-0.2, -0.15) is 5.26 Å². The molecule has 0 amide bonds. The monoisotopic (exact) mass is 376 g/mol. The zero-order valence-corrected chi connectivity index (χ0v) is 15.2. The van der Waals surface area contributed by atoms with E-state index in [-0.39, 0.29) is 23.2 Å². The van der Waals surface area contributed by atoms with Crippen molar-refractivity contribution in [2.75, 3.05) is 0 Å². The molecule has 0 radical (unpaired) electrons. The number of nitrogens with zero attached hydrogens (tertiary/aromatic N) is 1. The maximum Gasteiger partial charge on any atom is 0.205 e. The fourth-order valence-corrected chi connectivity index (χ4v) is 4.20. The van der Waals surface area contributed by atoms with Crippen LogP contribution in [-0.2, 0) is 9.53 Å². The zero-order valence-electron chi connectivity index (χ0n) is 14.5. The van der Waals surface area contributed by atoms with Crippen molar-refractivity contribution >= 4 is 17.4 Å². The maximum absolute atomic E-state index is 13.1. The summed E-state index contributed by atoms with van der Waals surface area (Å²) < 4.78 is 5.76. The van der Waals surface area contributed by atoms with Crippen LogP contribution in [0, 0.1) is 11.3 Å². The minimum Gasteiger partial charge on any atom is -0.444 e. The van der Waals surface area contributed by atoms with Gasteiger partial charge in [0.15, 0.2) is 5.78 Å². The van der Waals surface area contributed by atoms with Crippen molar-refractivity contribution in [3.8, 4) is 6.07 Å². The molecule has 2 aromatic carbocycles. The maximum atomic E-state index is 13.1. The fourth-order valence-electron chi connectivity index (χ4n) is 3.91. The van der Waals surface area contributed by atoms with E-state index in [9.17, 15) is 10.1 Å². The number of ether oxygens (including phenoxy) is 1. The molecule has 2 aliphatic rings. The summed E-state index contributed by atoms with van der Waals surface area (Å²) in [6.45, 7) is 0. The second kappa shape index (κ2) is 6.94. The van der Waals surface area contributed by atoms with Crippen molar-refractivity contribution in [3.05, 3.63) is 93.5 Å². The van der Waals surface area contributed by atoms with Crippen LogP contribution in [0.5, 0.6) is 0 Å². The first-order chi connectivity index (χ1) is 13.1. The Morgan fingerprint density at radius 2 is 1.78 bits per heavy atom. The summed E-state index contributed by atoms with van der Waals surface area (Å²) in [5, 5.41) is 10.3. The zero-order chi connectivity index (χ0) is 19.0. The van der Waals surface area contributed by atoms with E-state index >= 15 is 0 Å². The molecule has 0 saturated carbocycles. The first-order valence-electron chi connectivity index (χ1n) is 8.73. The summed E-state index contributed by atoms with van der Waals surface area (Å²) in [5.74, 6) is 0.0203. The molecule has 4 rings (SSSR count). The number of nitriles is 1. The van der Waals surface area contributed by atoms with Crippen LogP contribution < -0.4 is 5.73 Å². The number of rotatable bonds is 2. The van der Waals surface area contributed by atoms with Crippen LogP contribution in [0.4, 0.5) is 0 Å². The van der Waals surface area contributed by atoms with Crippen molar-refractivity contribution < 1.29 is 9.53 Å². The Bertz CT molecular complexity index is 1020. The van der Waals surface area contributed by atoms with Gasteiger partial charge in [0, 0.05) is 23.4 Å². The molecule has 1 heterocycles. The van der Waals surface area contributed by atoms with Crippen molar-refractivity contribution in [3.63, 3.8) is 0 Å². The highest BCUT2D eigenvalue weighted by molar-refractivity contribution is 6.31. The Morgan fingerprint density at radius 3 is 2.48 bits per heavy atom. The summed E-state index contributed by atoms with van der Waals surface area (Å²) in [7, 11) is 0. The number of benzene rings is 2. The van der Waals surface area contributed by atoms with Gasteiger partial charge in [0.25, 0.3) is 0 Å². The Kier molecular flexibility index (Phi) is 4.47. The van der Waals surface area contributed by atoms with Crippen molar-refractivity contribution in [1.29, 1.82) is 5.26 Å². The summed E-state index contributed by atoms with van der Waals surface area (Å²) in [6, 6.07) is 19.1. The van der Waals surface area contributed by atoms with Gasteiger partial charge in [-0.05, 0) is 23.1 Å². The van der Waals surface area contributed by atoms with E-state index in [1.54, 1.807) is 0 Å². The number of hydrogen-bond donors (Lipinski definition) is 1. The van der Waals surface area contributed by atoms with Gasteiger partial charge in [-0.3, -0.25) is 4.79 Å². The first-order valence-corrected chi connectivity index (χ1v) is 9.11. The second-order valence-corrected chi connectivity index (χ2v) is 7.13. The quantitative estimate of drug-likeness (QED) is 0.834. The Hall–Kier alpha value is -3.03. The first kappa shape index (κ1) is 17.4. The number of hydrogen-bond acceptors (Lipinski definition) is 4. The highest BCUT2D eigenvalue weighted by Gasteiger charge is 2.41. The lowest BCUT2D eigenvalue weighted by molar-refractivity contribution is -0.117. The average molecular weight is 377 g/mol. The van der Waals surface area contributed by atoms with Crippen LogP contribution in [0.15, 0.2) is 77.4 Å². The molecule has 1 aliphatic carbocycles. The Balaban J connectivity index is 1.80. The largest absolute Gasteiger partial charge is 0.444 e. The van der Waals surface area contributed by atoms with E-state index in [2.05, 4.69) is 6.07 Å². The topological polar surface area (TPSA) is 76.1 Å². The molecule has 5 heteroatoms. The minimum atomic E-state index is -0.486. The lowest BCUT2D eigenvalue weighted by Gasteiger charge is -2.34. The minimum absolute atomic E-state index is 0.0322. The molecule has 2 atom stereocenters. The number of nitrogens with two attached hydrogens (primary N) is 1. The van der Waals surface area contributed by atoms with Gasteiger partial charge >= 0.3 is 0 Å². The summed E-state index contributed by atoms with van der Waals surface area (Å²) in [6.07, 6.45) is 0.849. The van der Waals surface area contributed by atoms with Crippen LogP contribution in [0.1, 0.15) is 35.8 Å². The Labute approximate surface area is 162 Å². The van der Waals surface area contributed by atoms with Crippen molar-refractivity contribution in [2.45, 2.75) is 24.7 Å². The lowest BCUT2D eigenvalue weighted by Crippen LogP contribution is -2.29. The molecular formula is C22H17ClN2O2. The Morgan fingerprint density at radius 1 is 1.07 bits per heavy atom. The molecule has 1 aliphatic heterocycles. The highest BCUT2D eigenvalue weighted by atomic mass is 35.5. The molecule has 134 valence electrons. The molecule has 4 nitrogen and oxygen atoms in total. The average Bonchev–Trinajstić information content (AvgIpc) is 2.67. The standard InChI is InChI=1S/C22H17ClN2O2/c23-17-9-5-4-8-15(17)14-10-18(26)21-19(11-14)27-22(25)16(12-24)20(21)13-6-2-1-3-7-13/h1-9,14,20H,10-11,25H2/t14-,20-/m0/s1. The van der Waals surface area contributed by atoms with E-state index in [4.69, 9.17) is 22.1 Å². The number of carbonyl (C=O) groups is 1. The van der Waals surface area contributed by atoms with E-state index in [1.165, 1.54) is 0 Å². The van der Waals surface area contributed by atoms with E-state index in [0.717, 1.165) is 11.1 Å². The van der Waals surface area contributed by atoms with Crippen LogP contribution in [0.2, 0.25) is 5.02 Å². The van der Waals surface area contributed by atoms with Gasteiger partial charge in [0.1, 0.15) is 17.4 Å². The van der Waals surface area contributed by atoms with Crippen molar-refractivity contribution in [1.82, 2.24) is 0 Å². The predicted molar refractivity (Wildman–Crippen MR) is 103 cm³/mol. The molecular weight excluding hydrogens is 360 g/mol. The van der Waals surface area contributed by atoms with Crippen LogP contribution in [0.25, 0.3) is 0 Å². The molecule has 0 unspecified atom stereocenters. The molecule has 0 spiro atoms. The highest BCUT2D eigenvalue weighted by Crippen LogP contribution is 2.47. The van der Waals surface area contributed by atoms with Gasteiger partial charge < -0.3 is 10.5 Å². The predicted octanol–water partition coefficient (Wildman–Crippen LogP) is 4.55. The SMILES string of the molecule is N#CC1=C(N)OC2=C(C(=O)C[C@H](c3ccccc3Cl)C2)[C@H]1c1ccccc1. The van der Waals surface area contributed by atoms with Crippen LogP contribution in [0.3, 0.4) is 0 Å². The van der Waals surface area contributed by atoms with Crippen molar-refractivity contribution in [2.24, 2.45) is 5.73 Å². The molecule has 2 aromatic rings. The smallest absolute Gasteiger partial charge is 0.205 e. The summed E-state index contributed by atoms with van der Waals surface area (Å²) in [4.78, 5) is 13.1. The third-order valence-electron chi connectivity index (χ3n) is 5.14. The summed E-state index contributed by atoms with van der Waals surface area (Å²) in [5.41, 5.74) is 8.65. The van der Waals surface area contributed by atoms with E-state index in [0.29, 0.717) is 29.2 Å². The number of Topliss-reactive ketones (excluding diaryl/α,β-unsaturated/α-hetero) is 1. The van der Waals surface area contributed by atoms with Gasteiger partial charge in [0.2, 0.25) is 5.88 Å². The van der Waals surface area contributed by atoms with Gasteiger partial charge in [-0.15, -0.1) is 0 Å². The normalized spacial score (nSPS) is 22.1.